The molecule has 5 nitrogen and oxygen atoms in total. The van der Waals surface area contributed by atoms with Crippen molar-refractivity contribution in [1.82, 2.24) is 13.6 Å². The van der Waals surface area contributed by atoms with E-state index in [1.807, 2.05) is 0 Å². The molecule has 0 radical (unpaired) electrons. The molecule has 0 unspecified atom stereocenters. The third-order valence-corrected chi connectivity index (χ3v) is 5.54. The summed E-state index contributed by atoms with van der Waals surface area (Å²) in [7, 11) is -0.828. The van der Waals surface area contributed by atoms with Gasteiger partial charge in [0, 0.05) is 36.9 Å². The Kier molecular flexibility index (Phi) is 5.85. The van der Waals surface area contributed by atoms with Crippen LogP contribution >= 0.6 is 15.9 Å². The number of rotatable bonds is 6. The van der Waals surface area contributed by atoms with Gasteiger partial charge in [0.05, 0.1) is 12.2 Å². The lowest BCUT2D eigenvalue weighted by atomic mass is 10.2. The van der Waals surface area contributed by atoms with E-state index in [9.17, 15) is 12.8 Å². The Morgan fingerprint density at radius 2 is 1.91 bits per heavy atom. The van der Waals surface area contributed by atoms with Gasteiger partial charge in [-0.3, -0.25) is 4.98 Å². The maximum Gasteiger partial charge on any atom is 0.282 e. The second-order valence-electron chi connectivity index (χ2n) is 5.12. The lowest BCUT2D eigenvalue weighted by molar-refractivity contribution is 0.357. The molecule has 0 atom stereocenters. The molecule has 0 aliphatic rings. The summed E-state index contributed by atoms with van der Waals surface area (Å²) in [4.78, 5) is 4.14. The van der Waals surface area contributed by atoms with E-state index in [-0.39, 0.29) is 13.1 Å². The van der Waals surface area contributed by atoms with Crippen molar-refractivity contribution in [2.24, 2.45) is 0 Å². The van der Waals surface area contributed by atoms with E-state index in [0.717, 1.165) is 4.31 Å². The van der Waals surface area contributed by atoms with Gasteiger partial charge in [0.15, 0.2) is 0 Å². The number of pyridine rings is 1. The zero-order chi connectivity index (χ0) is 17.0. The average molecular weight is 402 g/mol. The van der Waals surface area contributed by atoms with E-state index in [2.05, 4.69) is 20.9 Å². The van der Waals surface area contributed by atoms with Crippen LogP contribution in [0.15, 0.2) is 47.1 Å². The van der Waals surface area contributed by atoms with Crippen molar-refractivity contribution in [1.29, 1.82) is 0 Å². The minimum absolute atomic E-state index is 0.0663. The highest BCUT2D eigenvalue weighted by Gasteiger charge is 2.26. The predicted octanol–water partition coefficient (Wildman–Crippen LogP) is 2.79. The van der Waals surface area contributed by atoms with E-state index in [0.29, 0.717) is 15.7 Å². The molecule has 0 aliphatic carbocycles. The summed E-state index contributed by atoms with van der Waals surface area (Å²) in [6.45, 7) is -0.00689. The zero-order valence-electron chi connectivity index (χ0n) is 12.8. The van der Waals surface area contributed by atoms with Gasteiger partial charge in [-0.2, -0.15) is 17.0 Å². The summed E-state index contributed by atoms with van der Waals surface area (Å²) >= 11 is 3.19. The molecule has 0 aliphatic heterocycles. The van der Waals surface area contributed by atoms with E-state index in [1.54, 1.807) is 36.5 Å². The van der Waals surface area contributed by atoms with E-state index < -0.39 is 16.0 Å². The molecule has 0 bridgehead atoms. The van der Waals surface area contributed by atoms with Crippen molar-refractivity contribution >= 4 is 26.1 Å². The summed E-state index contributed by atoms with van der Waals surface area (Å²) < 4.78 is 42.0. The molecule has 0 saturated heterocycles. The molecule has 8 heteroatoms. The summed E-state index contributed by atoms with van der Waals surface area (Å²) in [6.07, 6.45) is 1.59. The van der Waals surface area contributed by atoms with Crippen LogP contribution in [0.3, 0.4) is 0 Å². The molecule has 2 rings (SSSR count). The van der Waals surface area contributed by atoms with Gasteiger partial charge < -0.3 is 0 Å². The van der Waals surface area contributed by atoms with Crippen molar-refractivity contribution in [2.45, 2.75) is 13.1 Å². The lowest BCUT2D eigenvalue weighted by Crippen LogP contribution is -2.39. The zero-order valence-corrected chi connectivity index (χ0v) is 15.2. The van der Waals surface area contributed by atoms with Crippen LogP contribution in [-0.2, 0) is 23.3 Å². The molecule has 0 fully saturated rings. The Morgan fingerprint density at radius 1 is 1.17 bits per heavy atom. The lowest BCUT2D eigenvalue weighted by Gasteiger charge is -2.25. The Labute approximate surface area is 144 Å². The topological polar surface area (TPSA) is 53.5 Å². The summed E-state index contributed by atoms with van der Waals surface area (Å²) in [5.41, 5.74) is 0.894. The first-order valence-corrected chi connectivity index (χ1v) is 9.01. The smallest absolute Gasteiger partial charge is 0.260 e. The van der Waals surface area contributed by atoms with Crippen LogP contribution in [0.1, 0.15) is 11.3 Å². The largest absolute Gasteiger partial charge is 0.282 e. The van der Waals surface area contributed by atoms with E-state index >= 15 is 0 Å². The molecule has 0 N–H and O–H groups in total. The Balaban J connectivity index is 2.34. The van der Waals surface area contributed by atoms with Crippen LogP contribution in [0, 0.1) is 5.82 Å². The molecular weight excluding hydrogens is 385 g/mol. The maximum atomic E-state index is 14.1. The van der Waals surface area contributed by atoms with Gasteiger partial charge >= 0.3 is 0 Å². The van der Waals surface area contributed by atoms with Crippen LogP contribution in [0.4, 0.5) is 4.39 Å². The number of aromatic nitrogens is 1. The standard InChI is InChI=1S/C15H17BrFN3O2S/c1-19(2)23(21,22)20(11-14-5-3-4-8-18-14)10-12-6-7-13(16)9-15(12)17/h3-9H,10-11H2,1-2H3. The second kappa shape index (κ2) is 7.48. The average Bonchev–Trinajstić information content (AvgIpc) is 2.50. The predicted molar refractivity (Wildman–Crippen MR) is 90.2 cm³/mol. The first kappa shape index (κ1) is 18.0. The van der Waals surface area contributed by atoms with Crippen LogP contribution in [-0.4, -0.2) is 36.1 Å². The van der Waals surface area contributed by atoms with Gasteiger partial charge in [0.1, 0.15) is 5.82 Å². The molecule has 2 aromatic rings. The summed E-state index contributed by atoms with van der Waals surface area (Å²) in [5, 5.41) is 0. The van der Waals surface area contributed by atoms with Crippen LogP contribution in [0.5, 0.6) is 0 Å². The third kappa shape index (κ3) is 4.57. The van der Waals surface area contributed by atoms with Crippen LogP contribution < -0.4 is 0 Å². The monoisotopic (exact) mass is 401 g/mol. The van der Waals surface area contributed by atoms with Crippen molar-refractivity contribution < 1.29 is 12.8 Å². The van der Waals surface area contributed by atoms with Crippen molar-refractivity contribution in [2.75, 3.05) is 14.1 Å². The quantitative estimate of drug-likeness (QED) is 0.747. The maximum absolute atomic E-state index is 14.1. The molecule has 124 valence electrons. The van der Waals surface area contributed by atoms with Gasteiger partial charge in [0.2, 0.25) is 0 Å². The Hall–Kier alpha value is -1.35. The van der Waals surface area contributed by atoms with E-state index in [4.69, 9.17) is 0 Å². The van der Waals surface area contributed by atoms with Crippen LogP contribution in [0.2, 0.25) is 0 Å². The van der Waals surface area contributed by atoms with Crippen molar-refractivity contribution in [3.05, 3.63) is 64.1 Å². The minimum atomic E-state index is -3.71. The third-order valence-electron chi connectivity index (χ3n) is 3.21. The molecule has 0 spiro atoms. The van der Waals surface area contributed by atoms with Gasteiger partial charge in [-0.15, -0.1) is 0 Å². The first-order valence-electron chi connectivity index (χ1n) is 6.82. The fraction of sp³-hybridized carbons (Fsp3) is 0.267. The summed E-state index contributed by atoms with van der Waals surface area (Å²) in [5.74, 6) is -0.459. The van der Waals surface area contributed by atoms with Gasteiger partial charge in [-0.1, -0.05) is 28.1 Å². The molecule has 23 heavy (non-hydrogen) atoms. The molecule has 1 aromatic carbocycles. The molecular formula is C15H17BrFN3O2S. The molecule has 0 saturated carbocycles. The van der Waals surface area contributed by atoms with Gasteiger partial charge in [0.25, 0.3) is 10.2 Å². The molecule has 0 amide bonds. The normalized spacial score (nSPS) is 12.1. The molecule has 1 aromatic heterocycles. The van der Waals surface area contributed by atoms with Gasteiger partial charge in [-0.05, 0) is 24.3 Å². The first-order chi connectivity index (χ1) is 10.8. The van der Waals surface area contributed by atoms with Gasteiger partial charge in [-0.25, -0.2) is 4.39 Å². The number of hydrogen-bond acceptors (Lipinski definition) is 3. The van der Waals surface area contributed by atoms with Crippen LogP contribution in [0.25, 0.3) is 0 Å². The number of hydrogen-bond donors (Lipinski definition) is 0. The highest BCUT2D eigenvalue weighted by atomic mass is 79.9. The fourth-order valence-corrected chi connectivity index (χ4v) is 3.35. The van der Waals surface area contributed by atoms with Crippen molar-refractivity contribution in [3.63, 3.8) is 0 Å². The summed E-state index contributed by atoms with van der Waals surface area (Å²) in [6, 6.07) is 9.83. The Morgan fingerprint density at radius 3 is 2.48 bits per heavy atom. The highest BCUT2D eigenvalue weighted by Crippen LogP contribution is 2.20. The van der Waals surface area contributed by atoms with E-state index in [1.165, 1.54) is 24.5 Å². The Bertz CT molecular complexity index is 770. The number of benzene rings is 1. The fourth-order valence-electron chi connectivity index (χ4n) is 1.96. The highest BCUT2D eigenvalue weighted by molar-refractivity contribution is 9.10. The second-order valence-corrected chi connectivity index (χ2v) is 8.17. The number of halogens is 2. The minimum Gasteiger partial charge on any atom is -0.260 e. The molecule has 1 heterocycles. The van der Waals surface area contributed by atoms with Crippen molar-refractivity contribution in [3.8, 4) is 0 Å². The SMILES string of the molecule is CN(C)S(=O)(=O)N(Cc1ccccn1)Cc1ccc(Br)cc1F. The number of nitrogens with zero attached hydrogens (tertiary/aromatic N) is 3.